The lowest BCUT2D eigenvalue weighted by Crippen LogP contribution is -2.29. The van der Waals surface area contributed by atoms with Crippen LogP contribution in [0.2, 0.25) is 0 Å². The molecule has 0 amide bonds. The molecule has 0 aromatic carbocycles. The number of aliphatic hydroxyl groups excluding tert-OH is 2. The second kappa shape index (κ2) is 39.0. The minimum Gasteiger partial charge on any atom is -0.462 e. The molecule has 0 radical (unpaired) electrons. The van der Waals surface area contributed by atoms with Gasteiger partial charge in [-0.3, -0.25) is 18.6 Å². The summed E-state index contributed by atoms with van der Waals surface area (Å²) in [5.74, 6) is -0.926. The third-order valence-corrected chi connectivity index (χ3v) is 10.4. The average molecular weight is 777 g/mol. The highest BCUT2D eigenvalue weighted by atomic mass is 31.2. The molecule has 0 spiro atoms. The van der Waals surface area contributed by atoms with E-state index in [2.05, 4.69) is 30.5 Å². The maximum absolute atomic E-state index is 12.5. The maximum atomic E-state index is 12.5. The SMILES string of the molecule is CCCC/C=C\CCCCCCCC(=O)OC(COC(=O)CCCCCCCCCCCCCCCCCCCCC)COP(=O)(O)OCC(O)CO. The van der Waals surface area contributed by atoms with E-state index in [1.165, 1.54) is 109 Å². The van der Waals surface area contributed by atoms with Crippen molar-refractivity contribution in [1.29, 1.82) is 0 Å². The zero-order valence-electron chi connectivity index (χ0n) is 34.0. The van der Waals surface area contributed by atoms with Crippen LogP contribution in [0.1, 0.15) is 206 Å². The molecule has 0 aliphatic rings. The third-order valence-electron chi connectivity index (χ3n) is 9.42. The summed E-state index contributed by atoms with van der Waals surface area (Å²) in [4.78, 5) is 34.9. The van der Waals surface area contributed by atoms with E-state index in [1.54, 1.807) is 0 Å². The van der Waals surface area contributed by atoms with Crippen LogP contribution in [-0.4, -0.2) is 65.7 Å². The lowest BCUT2D eigenvalue weighted by atomic mass is 10.0. The Hall–Kier alpha value is -1.29. The summed E-state index contributed by atoms with van der Waals surface area (Å²) < 4.78 is 32.6. The van der Waals surface area contributed by atoms with Crippen molar-refractivity contribution in [3.05, 3.63) is 12.2 Å². The Kier molecular flexibility index (Phi) is 38.0. The Balaban J connectivity index is 4.19. The molecule has 0 saturated heterocycles. The lowest BCUT2D eigenvalue weighted by molar-refractivity contribution is -0.161. The molecular formula is C42H81O10P. The van der Waals surface area contributed by atoms with Gasteiger partial charge in [-0.25, -0.2) is 4.57 Å². The number of carbonyl (C=O) groups excluding carboxylic acids is 2. The van der Waals surface area contributed by atoms with E-state index in [-0.39, 0.29) is 19.4 Å². The summed E-state index contributed by atoms with van der Waals surface area (Å²) >= 11 is 0. The number of ether oxygens (including phenoxy) is 2. The Bertz CT molecular complexity index is 899. The molecule has 3 unspecified atom stereocenters. The normalized spacial score (nSPS) is 14.0. The number of allylic oxidation sites excluding steroid dienone is 2. The summed E-state index contributed by atoms with van der Waals surface area (Å²) in [7, 11) is -4.61. The molecule has 53 heavy (non-hydrogen) atoms. The van der Waals surface area contributed by atoms with Gasteiger partial charge < -0.3 is 24.6 Å². The van der Waals surface area contributed by atoms with E-state index >= 15 is 0 Å². The molecule has 0 rings (SSSR count). The van der Waals surface area contributed by atoms with Crippen LogP contribution in [0.15, 0.2) is 12.2 Å². The standard InChI is InChI=1S/C42H81O10P/c1-3-5-7-9-11-13-15-16-17-18-19-20-21-22-24-25-27-29-31-33-41(45)49-37-40(38-51-53(47,48)50-36-39(44)35-43)52-42(46)34-32-30-28-26-23-14-12-10-8-6-4-2/h10,12,39-40,43-44H,3-9,11,13-38H2,1-2H3,(H,47,48)/b12-10-. The van der Waals surface area contributed by atoms with E-state index in [1.807, 2.05) is 0 Å². The van der Waals surface area contributed by atoms with Crippen LogP contribution >= 0.6 is 7.82 Å². The summed E-state index contributed by atoms with van der Waals surface area (Å²) in [5.41, 5.74) is 0. The van der Waals surface area contributed by atoms with Gasteiger partial charge in [0.1, 0.15) is 12.7 Å². The quantitative estimate of drug-likeness (QED) is 0.0237. The van der Waals surface area contributed by atoms with Crippen molar-refractivity contribution in [3.8, 4) is 0 Å². The molecule has 0 fully saturated rings. The molecule has 0 aromatic rings. The number of rotatable bonds is 41. The van der Waals surface area contributed by atoms with Gasteiger partial charge in [0.2, 0.25) is 0 Å². The average Bonchev–Trinajstić information content (AvgIpc) is 3.14. The molecule has 3 N–H and O–H groups in total. The van der Waals surface area contributed by atoms with E-state index < -0.39 is 51.8 Å². The molecule has 314 valence electrons. The zero-order chi connectivity index (χ0) is 39.1. The van der Waals surface area contributed by atoms with Gasteiger partial charge in [0, 0.05) is 12.8 Å². The highest BCUT2D eigenvalue weighted by molar-refractivity contribution is 7.47. The largest absolute Gasteiger partial charge is 0.472 e. The molecule has 0 aromatic heterocycles. The van der Waals surface area contributed by atoms with Crippen LogP contribution in [0.5, 0.6) is 0 Å². The Morgan fingerprint density at radius 2 is 0.943 bits per heavy atom. The van der Waals surface area contributed by atoms with Crippen molar-refractivity contribution < 1.29 is 47.8 Å². The highest BCUT2D eigenvalue weighted by Gasteiger charge is 2.27. The van der Waals surface area contributed by atoms with Crippen LogP contribution in [0.25, 0.3) is 0 Å². The summed E-state index contributed by atoms with van der Waals surface area (Å²) in [5, 5.41) is 18.3. The molecule has 3 atom stereocenters. The first-order valence-corrected chi connectivity index (χ1v) is 23.1. The minimum absolute atomic E-state index is 0.177. The first kappa shape index (κ1) is 51.7. The van der Waals surface area contributed by atoms with Gasteiger partial charge in [0.15, 0.2) is 6.10 Å². The molecular weight excluding hydrogens is 695 g/mol. The first-order chi connectivity index (χ1) is 25.7. The minimum atomic E-state index is -4.61. The van der Waals surface area contributed by atoms with Gasteiger partial charge in [-0.15, -0.1) is 0 Å². The van der Waals surface area contributed by atoms with Crippen LogP contribution in [0.4, 0.5) is 0 Å². The highest BCUT2D eigenvalue weighted by Crippen LogP contribution is 2.43. The Morgan fingerprint density at radius 3 is 1.42 bits per heavy atom. The van der Waals surface area contributed by atoms with Crippen LogP contribution < -0.4 is 0 Å². The molecule has 0 heterocycles. The van der Waals surface area contributed by atoms with Gasteiger partial charge in [-0.1, -0.05) is 174 Å². The summed E-state index contributed by atoms with van der Waals surface area (Å²) in [6.07, 6.45) is 36.1. The van der Waals surface area contributed by atoms with Crippen molar-refractivity contribution >= 4 is 19.8 Å². The molecule has 10 nitrogen and oxygen atoms in total. The topological polar surface area (TPSA) is 149 Å². The van der Waals surface area contributed by atoms with Gasteiger partial charge in [-0.2, -0.15) is 0 Å². The van der Waals surface area contributed by atoms with E-state index in [0.29, 0.717) is 12.8 Å². The third kappa shape index (κ3) is 38.8. The van der Waals surface area contributed by atoms with Crippen LogP contribution in [0.3, 0.4) is 0 Å². The van der Waals surface area contributed by atoms with Crippen molar-refractivity contribution in [2.75, 3.05) is 26.4 Å². The second-order valence-corrected chi connectivity index (χ2v) is 16.2. The maximum Gasteiger partial charge on any atom is 0.472 e. The van der Waals surface area contributed by atoms with E-state index in [4.69, 9.17) is 19.1 Å². The molecule has 0 saturated carbocycles. The first-order valence-electron chi connectivity index (χ1n) is 21.6. The van der Waals surface area contributed by atoms with Gasteiger partial charge in [-0.05, 0) is 32.1 Å². The van der Waals surface area contributed by atoms with Crippen LogP contribution in [0, 0.1) is 0 Å². The number of hydrogen-bond acceptors (Lipinski definition) is 9. The smallest absolute Gasteiger partial charge is 0.462 e. The number of aliphatic hydroxyl groups is 2. The molecule has 0 aliphatic carbocycles. The molecule has 0 bridgehead atoms. The number of hydrogen-bond donors (Lipinski definition) is 3. The Morgan fingerprint density at radius 1 is 0.547 bits per heavy atom. The monoisotopic (exact) mass is 777 g/mol. The number of phosphoric ester groups is 1. The fourth-order valence-electron chi connectivity index (χ4n) is 6.03. The fourth-order valence-corrected chi connectivity index (χ4v) is 6.82. The number of carbonyl (C=O) groups is 2. The summed E-state index contributed by atoms with van der Waals surface area (Å²) in [6.45, 7) is 2.35. The summed E-state index contributed by atoms with van der Waals surface area (Å²) in [6, 6.07) is 0. The Labute approximate surface area is 324 Å². The molecule has 11 heteroatoms. The van der Waals surface area contributed by atoms with Gasteiger partial charge in [0.25, 0.3) is 0 Å². The zero-order valence-corrected chi connectivity index (χ0v) is 34.9. The number of phosphoric acid groups is 1. The molecule has 0 aliphatic heterocycles. The number of unbranched alkanes of at least 4 members (excludes halogenated alkanes) is 25. The fraction of sp³-hybridized carbons (Fsp3) is 0.905. The lowest BCUT2D eigenvalue weighted by Gasteiger charge is -2.20. The number of esters is 2. The van der Waals surface area contributed by atoms with Gasteiger partial charge in [0.05, 0.1) is 19.8 Å². The van der Waals surface area contributed by atoms with Gasteiger partial charge >= 0.3 is 19.8 Å². The van der Waals surface area contributed by atoms with E-state index in [9.17, 15) is 24.2 Å². The predicted octanol–water partition coefficient (Wildman–Crippen LogP) is 11.2. The van der Waals surface area contributed by atoms with Crippen molar-refractivity contribution in [1.82, 2.24) is 0 Å². The second-order valence-electron chi connectivity index (χ2n) is 14.7. The van der Waals surface area contributed by atoms with Crippen molar-refractivity contribution in [3.63, 3.8) is 0 Å². The van der Waals surface area contributed by atoms with Crippen molar-refractivity contribution in [2.24, 2.45) is 0 Å². The predicted molar refractivity (Wildman–Crippen MR) is 215 cm³/mol. The van der Waals surface area contributed by atoms with E-state index in [0.717, 1.165) is 57.8 Å². The van der Waals surface area contributed by atoms with Crippen LogP contribution in [-0.2, 0) is 32.7 Å². The van der Waals surface area contributed by atoms with Crippen molar-refractivity contribution in [2.45, 2.75) is 219 Å².